The molecule has 0 aliphatic carbocycles. The van der Waals surface area contributed by atoms with Crippen LogP contribution in [0.25, 0.3) is 32.9 Å². The summed E-state index contributed by atoms with van der Waals surface area (Å²) in [5.41, 5.74) is -0.0670. The third-order valence-corrected chi connectivity index (χ3v) is 8.53. The SMILES string of the molecule is Oc1cc(-c2ncc3c(N4C[C@@H](O)[C@@H](O)C4)nc(OC[C@@]45CCCN4C[C@H](F)C5)nc3c2F)c2ccccc2c1. The van der Waals surface area contributed by atoms with Crippen molar-refractivity contribution in [3.8, 4) is 23.0 Å². The molecule has 40 heavy (non-hydrogen) atoms. The molecule has 3 fully saturated rings. The van der Waals surface area contributed by atoms with E-state index in [1.165, 1.54) is 12.3 Å². The number of halogens is 2. The predicted octanol–water partition coefficient (Wildman–Crippen LogP) is 3.19. The number of nitrogens with zero attached hydrogens (tertiary/aromatic N) is 5. The predicted molar refractivity (Wildman–Crippen MR) is 145 cm³/mol. The molecule has 3 saturated heterocycles. The minimum atomic E-state index is -0.990. The summed E-state index contributed by atoms with van der Waals surface area (Å²) in [6.45, 7) is 1.53. The third kappa shape index (κ3) is 4.11. The highest BCUT2D eigenvalue weighted by Gasteiger charge is 2.49. The van der Waals surface area contributed by atoms with Gasteiger partial charge in [-0.15, -0.1) is 0 Å². The number of hydrogen-bond donors (Lipinski definition) is 3. The Morgan fingerprint density at radius 2 is 1.85 bits per heavy atom. The Kier molecular flexibility index (Phi) is 5.99. The fourth-order valence-corrected chi connectivity index (χ4v) is 6.60. The van der Waals surface area contributed by atoms with Gasteiger partial charge in [-0.25, -0.2) is 8.78 Å². The van der Waals surface area contributed by atoms with Gasteiger partial charge in [0.2, 0.25) is 0 Å². The number of ether oxygens (including phenoxy) is 1. The Morgan fingerprint density at radius 3 is 2.67 bits per heavy atom. The molecule has 208 valence electrons. The zero-order valence-electron chi connectivity index (χ0n) is 21.7. The lowest BCUT2D eigenvalue weighted by molar-refractivity contribution is 0.0572. The number of phenolic OH excluding ortho intramolecular Hbond substituents is 1. The highest BCUT2D eigenvalue weighted by molar-refractivity contribution is 5.99. The zero-order valence-corrected chi connectivity index (χ0v) is 21.7. The normalized spacial score (nSPS) is 26.7. The van der Waals surface area contributed by atoms with Crippen LogP contribution >= 0.6 is 0 Å². The molecule has 7 rings (SSSR count). The number of aromatic hydroxyl groups is 1. The van der Waals surface area contributed by atoms with E-state index in [2.05, 4.69) is 19.9 Å². The second-order valence-electron chi connectivity index (χ2n) is 11.1. The summed E-state index contributed by atoms with van der Waals surface area (Å²) in [5.74, 6) is -0.456. The highest BCUT2D eigenvalue weighted by Crippen LogP contribution is 2.41. The summed E-state index contributed by atoms with van der Waals surface area (Å²) in [5, 5.41) is 32.5. The van der Waals surface area contributed by atoms with Crippen molar-refractivity contribution in [2.24, 2.45) is 0 Å². The van der Waals surface area contributed by atoms with Crippen molar-refractivity contribution in [2.45, 2.75) is 43.2 Å². The van der Waals surface area contributed by atoms with Crippen LogP contribution in [0.15, 0.2) is 42.6 Å². The van der Waals surface area contributed by atoms with E-state index in [4.69, 9.17) is 4.74 Å². The average Bonchev–Trinajstić information content (AvgIpc) is 3.58. The largest absolute Gasteiger partial charge is 0.508 e. The molecule has 2 aromatic heterocycles. The molecule has 0 spiro atoms. The van der Waals surface area contributed by atoms with Crippen LogP contribution in [0.5, 0.6) is 11.8 Å². The molecule has 0 unspecified atom stereocenters. The van der Waals surface area contributed by atoms with E-state index in [1.54, 1.807) is 11.0 Å². The number of hydrogen-bond acceptors (Lipinski definition) is 9. The van der Waals surface area contributed by atoms with Crippen molar-refractivity contribution in [3.63, 3.8) is 0 Å². The number of aromatic nitrogens is 3. The van der Waals surface area contributed by atoms with E-state index >= 15 is 4.39 Å². The molecule has 4 atom stereocenters. The molecule has 5 heterocycles. The second kappa shape index (κ2) is 9.46. The Hall–Kier alpha value is -3.67. The van der Waals surface area contributed by atoms with Crippen molar-refractivity contribution < 1.29 is 28.8 Å². The van der Waals surface area contributed by atoms with Gasteiger partial charge in [0.05, 0.1) is 23.1 Å². The summed E-state index contributed by atoms with van der Waals surface area (Å²) in [7, 11) is 0. The number of aliphatic hydroxyl groups is 2. The molecule has 2 aromatic carbocycles. The number of β-amino-alcohol motifs (C(OH)–C–C–N with tert-alkyl or cyclic N) is 2. The number of rotatable bonds is 5. The van der Waals surface area contributed by atoms with Gasteiger partial charge in [-0.2, -0.15) is 9.97 Å². The van der Waals surface area contributed by atoms with E-state index in [0.29, 0.717) is 29.3 Å². The number of benzene rings is 2. The molecule has 0 bridgehead atoms. The van der Waals surface area contributed by atoms with Crippen LogP contribution < -0.4 is 9.64 Å². The quantitative estimate of drug-likeness (QED) is 0.345. The standard InChI is InChI=1S/C29H29F2N5O4/c30-17-10-29(6-3-7-36(29)12-17)15-40-28-33-26-21(27(34-28)35-13-22(38)23(39)14-35)11-32-25(24(26)31)20-9-18(37)8-16-4-1-2-5-19(16)20/h1-2,4-5,8-9,11,17,22-23,37-39H,3,6-7,10,12-15H2/t17-,22-,23+,29+/m1/s1. The fraction of sp³-hybridized carbons (Fsp3) is 0.414. The van der Waals surface area contributed by atoms with Gasteiger partial charge in [0.25, 0.3) is 0 Å². The molecule has 4 aromatic rings. The Balaban J connectivity index is 1.35. The van der Waals surface area contributed by atoms with Crippen LogP contribution in [-0.2, 0) is 0 Å². The molecule has 0 radical (unpaired) electrons. The molecule has 0 amide bonds. The minimum absolute atomic E-state index is 0.00770. The van der Waals surface area contributed by atoms with Crippen molar-refractivity contribution in [3.05, 3.63) is 48.4 Å². The van der Waals surface area contributed by atoms with E-state index < -0.39 is 29.7 Å². The topological polar surface area (TPSA) is 115 Å². The molecular formula is C29H29F2N5O4. The molecule has 3 aliphatic rings. The first-order valence-corrected chi connectivity index (χ1v) is 13.5. The summed E-state index contributed by atoms with van der Waals surface area (Å²) in [4.78, 5) is 17.2. The number of alkyl halides is 1. The number of anilines is 1. The Labute approximate surface area is 228 Å². The summed E-state index contributed by atoms with van der Waals surface area (Å²) in [6.07, 6.45) is 0.673. The van der Waals surface area contributed by atoms with Gasteiger partial charge in [0, 0.05) is 37.8 Å². The Bertz CT molecular complexity index is 1610. The van der Waals surface area contributed by atoms with Gasteiger partial charge in [-0.1, -0.05) is 24.3 Å². The van der Waals surface area contributed by atoms with Crippen LogP contribution in [-0.4, -0.2) is 91.9 Å². The van der Waals surface area contributed by atoms with Crippen molar-refractivity contribution in [1.82, 2.24) is 19.9 Å². The van der Waals surface area contributed by atoms with Gasteiger partial charge < -0.3 is 25.0 Å². The van der Waals surface area contributed by atoms with Gasteiger partial charge in [-0.05, 0) is 42.3 Å². The first-order chi connectivity index (χ1) is 19.3. The van der Waals surface area contributed by atoms with Gasteiger partial charge >= 0.3 is 6.01 Å². The van der Waals surface area contributed by atoms with E-state index in [0.717, 1.165) is 24.8 Å². The van der Waals surface area contributed by atoms with E-state index in [9.17, 15) is 19.7 Å². The maximum atomic E-state index is 16.4. The highest BCUT2D eigenvalue weighted by atomic mass is 19.1. The molecule has 3 N–H and O–H groups in total. The first-order valence-electron chi connectivity index (χ1n) is 13.5. The lowest BCUT2D eigenvalue weighted by Gasteiger charge is -2.31. The fourth-order valence-electron chi connectivity index (χ4n) is 6.60. The summed E-state index contributed by atoms with van der Waals surface area (Å²) >= 11 is 0. The lowest BCUT2D eigenvalue weighted by Crippen LogP contribution is -2.43. The summed E-state index contributed by atoms with van der Waals surface area (Å²) < 4.78 is 36.7. The molecule has 3 aliphatic heterocycles. The van der Waals surface area contributed by atoms with Crippen LogP contribution in [0.2, 0.25) is 0 Å². The average molecular weight is 550 g/mol. The maximum Gasteiger partial charge on any atom is 0.319 e. The van der Waals surface area contributed by atoms with Crippen molar-refractivity contribution in [1.29, 1.82) is 0 Å². The summed E-state index contributed by atoms with van der Waals surface area (Å²) in [6, 6.07) is 10.3. The number of pyridine rings is 1. The molecule has 0 saturated carbocycles. The Morgan fingerprint density at radius 1 is 1.05 bits per heavy atom. The third-order valence-electron chi connectivity index (χ3n) is 8.53. The van der Waals surface area contributed by atoms with Crippen LogP contribution in [0.4, 0.5) is 14.6 Å². The van der Waals surface area contributed by atoms with Crippen LogP contribution in [0, 0.1) is 5.82 Å². The van der Waals surface area contributed by atoms with E-state index in [1.807, 2.05) is 24.3 Å². The lowest BCUT2D eigenvalue weighted by atomic mass is 9.95. The van der Waals surface area contributed by atoms with E-state index in [-0.39, 0.29) is 48.5 Å². The minimum Gasteiger partial charge on any atom is -0.508 e. The number of phenols is 1. The molecular weight excluding hydrogens is 520 g/mol. The first kappa shape index (κ1) is 25.3. The maximum absolute atomic E-state index is 16.4. The van der Waals surface area contributed by atoms with Crippen LogP contribution in [0.3, 0.4) is 0 Å². The molecule has 11 heteroatoms. The van der Waals surface area contributed by atoms with Gasteiger partial charge in [0.1, 0.15) is 35.6 Å². The zero-order chi connectivity index (χ0) is 27.6. The van der Waals surface area contributed by atoms with Crippen LogP contribution in [0.1, 0.15) is 19.3 Å². The second-order valence-corrected chi connectivity index (χ2v) is 11.1. The van der Waals surface area contributed by atoms with Gasteiger partial charge in [-0.3, -0.25) is 9.88 Å². The molecule has 9 nitrogen and oxygen atoms in total. The number of aliphatic hydroxyl groups excluding tert-OH is 2. The van der Waals surface area contributed by atoms with Crippen molar-refractivity contribution >= 4 is 27.5 Å². The smallest absolute Gasteiger partial charge is 0.319 e. The monoisotopic (exact) mass is 549 g/mol. The van der Waals surface area contributed by atoms with Gasteiger partial charge in [0.15, 0.2) is 5.82 Å². The number of fused-ring (bicyclic) bond motifs is 3. The van der Waals surface area contributed by atoms with Crippen molar-refractivity contribution in [2.75, 3.05) is 37.7 Å².